The lowest BCUT2D eigenvalue weighted by atomic mass is 10.2. The third-order valence-corrected chi connectivity index (χ3v) is 3.00. The van der Waals surface area contributed by atoms with Crippen LogP contribution in [0.1, 0.15) is 36.5 Å². The molecule has 1 aromatic carbocycles. The summed E-state index contributed by atoms with van der Waals surface area (Å²) >= 11 is 0. The number of carbonyl (C=O) groups excluding carboxylic acids is 1. The molecule has 0 spiro atoms. The quantitative estimate of drug-likeness (QED) is 0.820. The van der Waals surface area contributed by atoms with Crippen LogP contribution in [0.2, 0.25) is 0 Å². The van der Waals surface area contributed by atoms with Crippen molar-refractivity contribution in [1.82, 2.24) is 15.3 Å². The molecule has 1 unspecified atom stereocenters. The molecule has 0 aliphatic rings. The molecular formula is C16H19N3O. The lowest BCUT2D eigenvalue weighted by Gasteiger charge is -2.13. The Labute approximate surface area is 118 Å². The number of hydrogen-bond acceptors (Lipinski definition) is 2. The standard InChI is InChI=1S/C16H19N3O/c1-3-14(16-17-11-12(2)18-16)19-15(20)10-9-13-7-5-4-6-8-13/h4-11,14H,3H2,1-2H3,(H,17,18)(H,19,20). The lowest BCUT2D eigenvalue weighted by Crippen LogP contribution is -2.27. The van der Waals surface area contributed by atoms with E-state index in [-0.39, 0.29) is 11.9 Å². The highest BCUT2D eigenvalue weighted by molar-refractivity contribution is 5.91. The van der Waals surface area contributed by atoms with Gasteiger partial charge in [0.25, 0.3) is 0 Å². The van der Waals surface area contributed by atoms with E-state index in [4.69, 9.17) is 0 Å². The zero-order valence-corrected chi connectivity index (χ0v) is 11.8. The molecule has 0 aliphatic carbocycles. The van der Waals surface area contributed by atoms with Crippen LogP contribution < -0.4 is 5.32 Å². The first-order chi connectivity index (χ1) is 9.69. The van der Waals surface area contributed by atoms with E-state index < -0.39 is 0 Å². The van der Waals surface area contributed by atoms with Gasteiger partial charge in [-0.1, -0.05) is 37.3 Å². The maximum absolute atomic E-state index is 11.9. The van der Waals surface area contributed by atoms with E-state index in [9.17, 15) is 4.79 Å². The molecule has 0 saturated carbocycles. The third kappa shape index (κ3) is 3.82. The van der Waals surface area contributed by atoms with Gasteiger partial charge < -0.3 is 10.3 Å². The minimum atomic E-state index is -0.116. The van der Waals surface area contributed by atoms with Crippen LogP contribution in [0, 0.1) is 6.92 Å². The van der Waals surface area contributed by atoms with E-state index in [0.717, 1.165) is 23.5 Å². The molecule has 0 fully saturated rings. The summed E-state index contributed by atoms with van der Waals surface area (Å²) in [4.78, 5) is 19.3. The first-order valence-electron chi connectivity index (χ1n) is 6.74. The predicted octanol–water partition coefficient (Wildman–Crippen LogP) is 3.00. The molecule has 20 heavy (non-hydrogen) atoms. The maximum atomic E-state index is 11.9. The number of amides is 1. The molecule has 4 nitrogen and oxygen atoms in total. The van der Waals surface area contributed by atoms with Gasteiger partial charge >= 0.3 is 0 Å². The van der Waals surface area contributed by atoms with Gasteiger partial charge in [0.05, 0.1) is 6.04 Å². The Bertz CT molecular complexity index is 587. The number of aromatic amines is 1. The van der Waals surface area contributed by atoms with Crippen molar-refractivity contribution in [2.45, 2.75) is 26.3 Å². The minimum absolute atomic E-state index is 0.0865. The first kappa shape index (κ1) is 14.1. The van der Waals surface area contributed by atoms with E-state index in [0.29, 0.717) is 0 Å². The molecule has 0 bridgehead atoms. The van der Waals surface area contributed by atoms with Gasteiger partial charge in [-0.05, 0) is 25.0 Å². The van der Waals surface area contributed by atoms with Crippen LogP contribution in [-0.2, 0) is 4.79 Å². The van der Waals surface area contributed by atoms with Crippen LogP contribution in [0.15, 0.2) is 42.6 Å². The molecule has 2 aromatic rings. The highest BCUT2D eigenvalue weighted by Crippen LogP contribution is 2.12. The van der Waals surface area contributed by atoms with Crippen molar-refractivity contribution in [3.63, 3.8) is 0 Å². The van der Waals surface area contributed by atoms with E-state index >= 15 is 0 Å². The number of carbonyl (C=O) groups is 1. The molecular weight excluding hydrogens is 250 g/mol. The fourth-order valence-corrected chi connectivity index (χ4v) is 1.93. The molecule has 4 heteroatoms. The lowest BCUT2D eigenvalue weighted by molar-refractivity contribution is -0.117. The zero-order valence-electron chi connectivity index (χ0n) is 11.8. The number of imidazole rings is 1. The van der Waals surface area contributed by atoms with Crippen LogP contribution >= 0.6 is 0 Å². The molecule has 104 valence electrons. The topological polar surface area (TPSA) is 57.8 Å². The molecule has 1 heterocycles. The van der Waals surface area contributed by atoms with Gasteiger partial charge in [0.1, 0.15) is 5.82 Å². The second-order valence-corrected chi connectivity index (χ2v) is 4.66. The molecule has 2 rings (SSSR count). The number of nitrogens with zero attached hydrogens (tertiary/aromatic N) is 1. The fraction of sp³-hybridized carbons (Fsp3) is 0.250. The SMILES string of the molecule is CCC(NC(=O)C=Cc1ccccc1)c1ncc(C)[nH]1. The third-order valence-electron chi connectivity index (χ3n) is 3.00. The van der Waals surface area contributed by atoms with Crippen LogP contribution in [0.25, 0.3) is 6.08 Å². The summed E-state index contributed by atoms with van der Waals surface area (Å²) in [5, 5.41) is 2.95. The Morgan fingerprint density at radius 2 is 2.15 bits per heavy atom. The van der Waals surface area contributed by atoms with Crippen LogP contribution in [0.5, 0.6) is 0 Å². The summed E-state index contributed by atoms with van der Waals surface area (Å²) in [5.74, 6) is 0.682. The summed E-state index contributed by atoms with van der Waals surface area (Å²) in [5.41, 5.74) is 2.00. The average molecular weight is 269 g/mol. The normalized spacial score (nSPS) is 12.5. The summed E-state index contributed by atoms with van der Waals surface area (Å²) in [6.45, 7) is 3.96. The highest BCUT2D eigenvalue weighted by atomic mass is 16.1. The summed E-state index contributed by atoms with van der Waals surface area (Å²) < 4.78 is 0. The Hall–Kier alpha value is -2.36. The van der Waals surface area contributed by atoms with Crippen LogP contribution in [0.3, 0.4) is 0 Å². The molecule has 2 N–H and O–H groups in total. The molecule has 0 saturated heterocycles. The number of benzene rings is 1. The number of aryl methyl sites for hydroxylation is 1. The van der Waals surface area contributed by atoms with Crippen molar-refractivity contribution in [2.75, 3.05) is 0 Å². The molecule has 1 aromatic heterocycles. The molecule has 0 radical (unpaired) electrons. The Morgan fingerprint density at radius 3 is 2.75 bits per heavy atom. The number of hydrogen-bond donors (Lipinski definition) is 2. The minimum Gasteiger partial charge on any atom is -0.344 e. The molecule has 0 aliphatic heterocycles. The Kier molecular flexibility index (Phi) is 4.71. The number of aromatic nitrogens is 2. The zero-order chi connectivity index (χ0) is 14.4. The Balaban J connectivity index is 1.98. The van der Waals surface area contributed by atoms with Crippen molar-refractivity contribution in [3.8, 4) is 0 Å². The van der Waals surface area contributed by atoms with Gasteiger partial charge in [-0.25, -0.2) is 4.98 Å². The molecule has 1 amide bonds. The van der Waals surface area contributed by atoms with E-state index in [1.807, 2.05) is 44.2 Å². The van der Waals surface area contributed by atoms with Crippen LogP contribution in [0.4, 0.5) is 0 Å². The average Bonchev–Trinajstić information content (AvgIpc) is 2.90. The Morgan fingerprint density at radius 1 is 1.40 bits per heavy atom. The van der Waals surface area contributed by atoms with Crippen molar-refractivity contribution >= 4 is 12.0 Å². The maximum Gasteiger partial charge on any atom is 0.244 e. The van der Waals surface area contributed by atoms with Crippen molar-refractivity contribution in [2.24, 2.45) is 0 Å². The number of rotatable bonds is 5. The summed E-state index contributed by atoms with van der Waals surface area (Å²) in [7, 11) is 0. The fourth-order valence-electron chi connectivity index (χ4n) is 1.93. The van der Waals surface area contributed by atoms with E-state index in [2.05, 4.69) is 15.3 Å². The van der Waals surface area contributed by atoms with Crippen molar-refractivity contribution in [3.05, 3.63) is 59.7 Å². The number of H-pyrrole nitrogens is 1. The second-order valence-electron chi connectivity index (χ2n) is 4.66. The van der Waals surface area contributed by atoms with Gasteiger partial charge in [-0.2, -0.15) is 0 Å². The van der Waals surface area contributed by atoms with E-state index in [1.165, 1.54) is 0 Å². The second kappa shape index (κ2) is 6.70. The van der Waals surface area contributed by atoms with Gasteiger partial charge in [-0.3, -0.25) is 4.79 Å². The van der Waals surface area contributed by atoms with Gasteiger partial charge in [0.2, 0.25) is 5.91 Å². The molecule has 1 atom stereocenters. The summed E-state index contributed by atoms with van der Waals surface area (Å²) in [6.07, 6.45) is 5.91. The highest BCUT2D eigenvalue weighted by Gasteiger charge is 2.13. The smallest absolute Gasteiger partial charge is 0.244 e. The largest absolute Gasteiger partial charge is 0.344 e. The van der Waals surface area contributed by atoms with Crippen LogP contribution in [-0.4, -0.2) is 15.9 Å². The van der Waals surface area contributed by atoms with Gasteiger partial charge in [0, 0.05) is 18.0 Å². The monoisotopic (exact) mass is 269 g/mol. The first-order valence-corrected chi connectivity index (χ1v) is 6.74. The predicted molar refractivity (Wildman–Crippen MR) is 80.0 cm³/mol. The van der Waals surface area contributed by atoms with E-state index in [1.54, 1.807) is 18.3 Å². The number of nitrogens with one attached hydrogen (secondary N) is 2. The van der Waals surface area contributed by atoms with Gasteiger partial charge in [0.15, 0.2) is 0 Å². The summed E-state index contributed by atoms with van der Waals surface area (Å²) in [6, 6.07) is 9.66. The van der Waals surface area contributed by atoms with Crippen molar-refractivity contribution < 1.29 is 4.79 Å². The van der Waals surface area contributed by atoms with Crippen molar-refractivity contribution in [1.29, 1.82) is 0 Å². The van der Waals surface area contributed by atoms with Gasteiger partial charge in [-0.15, -0.1) is 0 Å².